The number of benzene rings is 1. The Labute approximate surface area is 210 Å². The van der Waals surface area contributed by atoms with Crippen molar-refractivity contribution in [3.8, 4) is 5.75 Å². The molecule has 1 aromatic rings. The van der Waals surface area contributed by atoms with Crippen LogP contribution >= 0.6 is 67.8 Å². The van der Waals surface area contributed by atoms with Crippen molar-refractivity contribution < 1.29 is 53.7 Å². The summed E-state index contributed by atoms with van der Waals surface area (Å²) in [5.74, 6) is -1.17. The first-order chi connectivity index (χ1) is 11.3. The summed E-state index contributed by atoms with van der Waals surface area (Å²) in [6.45, 7) is 3.91. The molecule has 0 fully saturated rings. The average molecular weight is 695 g/mol. The third kappa shape index (κ3) is 8.77. The third-order valence-electron chi connectivity index (χ3n) is 3.05. The zero-order valence-corrected chi connectivity index (χ0v) is 22.6. The SMILES string of the molecule is CCC(COCCOc1c(I)cc(I)c(NC(C)=O)c1I)C(=O)[O-].[Na+]. The number of carbonyl (C=O) groups is 2. The van der Waals surface area contributed by atoms with Gasteiger partial charge in [0, 0.05) is 22.4 Å². The Bertz CT molecular complexity index is 615. The van der Waals surface area contributed by atoms with Crippen molar-refractivity contribution in [2.24, 2.45) is 5.92 Å². The van der Waals surface area contributed by atoms with Gasteiger partial charge in [-0.1, -0.05) is 6.92 Å². The van der Waals surface area contributed by atoms with Gasteiger partial charge < -0.3 is 24.7 Å². The first kappa shape index (κ1) is 26.1. The number of anilines is 1. The molecule has 10 heteroatoms. The molecule has 6 nitrogen and oxygen atoms in total. The van der Waals surface area contributed by atoms with E-state index in [1.165, 1.54) is 6.92 Å². The van der Waals surface area contributed by atoms with Gasteiger partial charge in [0.25, 0.3) is 0 Å². The molecule has 1 atom stereocenters. The molecule has 0 spiro atoms. The van der Waals surface area contributed by atoms with Gasteiger partial charge in [-0.2, -0.15) is 0 Å². The second-order valence-electron chi connectivity index (χ2n) is 4.89. The summed E-state index contributed by atoms with van der Waals surface area (Å²) >= 11 is 6.47. The van der Waals surface area contributed by atoms with Crippen LogP contribution in [0.5, 0.6) is 5.75 Å². The summed E-state index contributed by atoms with van der Waals surface area (Å²) < 4.78 is 13.8. The van der Waals surface area contributed by atoms with E-state index < -0.39 is 11.9 Å². The van der Waals surface area contributed by atoms with E-state index in [1.807, 2.05) is 6.07 Å². The molecule has 0 bridgehead atoms. The summed E-state index contributed by atoms with van der Waals surface area (Å²) in [6, 6.07) is 1.92. The summed E-state index contributed by atoms with van der Waals surface area (Å²) in [5, 5.41) is 13.6. The van der Waals surface area contributed by atoms with E-state index in [0.717, 1.165) is 16.4 Å². The van der Waals surface area contributed by atoms with Crippen LogP contribution in [-0.4, -0.2) is 31.7 Å². The Morgan fingerprint density at radius 3 is 2.40 bits per heavy atom. The Kier molecular flexibility index (Phi) is 13.9. The van der Waals surface area contributed by atoms with Gasteiger partial charge in [-0.25, -0.2) is 0 Å². The second kappa shape index (κ2) is 13.3. The topological polar surface area (TPSA) is 87.7 Å². The minimum atomic E-state index is -1.10. The van der Waals surface area contributed by atoms with E-state index >= 15 is 0 Å². The maximum atomic E-state index is 11.3. The van der Waals surface area contributed by atoms with Crippen LogP contribution in [0.3, 0.4) is 0 Å². The van der Waals surface area contributed by atoms with Gasteiger partial charge in [-0.15, -0.1) is 0 Å². The van der Waals surface area contributed by atoms with Gasteiger partial charge in [0.1, 0.15) is 12.4 Å². The summed E-state index contributed by atoms with van der Waals surface area (Å²) in [5.41, 5.74) is 0.725. The smallest absolute Gasteiger partial charge is 0.550 e. The molecule has 0 saturated carbocycles. The monoisotopic (exact) mass is 695 g/mol. The Morgan fingerprint density at radius 2 is 1.88 bits per heavy atom. The van der Waals surface area contributed by atoms with E-state index in [2.05, 4.69) is 73.1 Å². The van der Waals surface area contributed by atoms with Crippen molar-refractivity contribution in [1.82, 2.24) is 0 Å². The number of nitrogens with one attached hydrogen (secondary N) is 1. The van der Waals surface area contributed by atoms with Crippen molar-refractivity contribution in [2.45, 2.75) is 20.3 Å². The van der Waals surface area contributed by atoms with Crippen LogP contribution in [0.25, 0.3) is 0 Å². The van der Waals surface area contributed by atoms with Gasteiger partial charge in [0.15, 0.2) is 0 Å². The van der Waals surface area contributed by atoms with Crippen molar-refractivity contribution in [3.05, 3.63) is 16.8 Å². The quantitative estimate of drug-likeness (QED) is 0.217. The van der Waals surface area contributed by atoms with E-state index in [0.29, 0.717) is 12.2 Å². The van der Waals surface area contributed by atoms with Crippen LogP contribution < -0.4 is 44.7 Å². The molecule has 0 saturated heterocycles. The molecule has 0 aliphatic carbocycles. The fraction of sp³-hybridized carbons (Fsp3) is 0.467. The molecule has 0 aliphatic heterocycles. The van der Waals surface area contributed by atoms with E-state index in [1.54, 1.807) is 6.92 Å². The van der Waals surface area contributed by atoms with Crippen molar-refractivity contribution in [3.63, 3.8) is 0 Å². The minimum absolute atomic E-state index is 0. The van der Waals surface area contributed by atoms with Gasteiger partial charge in [-0.3, -0.25) is 4.79 Å². The fourth-order valence-corrected chi connectivity index (χ4v) is 5.73. The molecule has 0 aliphatic rings. The predicted molar refractivity (Wildman–Crippen MR) is 114 cm³/mol. The zero-order chi connectivity index (χ0) is 18.3. The molecular formula is C15H17I3NNaO5. The number of hydrogen-bond acceptors (Lipinski definition) is 5. The van der Waals surface area contributed by atoms with Gasteiger partial charge in [-0.05, 0) is 80.3 Å². The van der Waals surface area contributed by atoms with Crippen molar-refractivity contribution >= 4 is 85.3 Å². The third-order valence-corrected chi connectivity index (χ3v) is 5.73. The van der Waals surface area contributed by atoms with E-state index in [9.17, 15) is 14.7 Å². The maximum Gasteiger partial charge on any atom is 1.00 e. The van der Waals surface area contributed by atoms with Crippen molar-refractivity contribution in [2.75, 3.05) is 25.1 Å². The normalized spacial score (nSPS) is 11.4. The molecule has 0 radical (unpaired) electrons. The molecule has 1 N–H and O–H groups in total. The number of ether oxygens (including phenoxy) is 2. The number of hydrogen-bond donors (Lipinski definition) is 1. The number of rotatable bonds is 9. The number of carboxylic acids is 1. The summed E-state index contributed by atoms with van der Waals surface area (Å²) in [4.78, 5) is 22.1. The second-order valence-corrected chi connectivity index (χ2v) is 8.29. The number of aliphatic carboxylic acids is 1. The zero-order valence-electron chi connectivity index (χ0n) is 14.2. The Balaban J connectivity index is 0.00000576. The van der Waals surface area contributed by atoms with Crippen LogP contribution in [0.1, 0.15) is 20.3 Å². The Hall–Kier alpha value is 1.11. The van der Waals surface area contributed by atoms with Crippen LogP contribution in [-0.2, 0) is 14.3 Å². The number of carboxylic acid groups (broad SMARTS) is 1. The van der Waals surface area contributed by atoms with E-state index in [4.69, 9.17) is 9.47 Å². The first-order valence-corrected chi connectivity index (χ1v) is 10.4. The summed E-state index contributed by atoms with van der Waals surface area (Å²) in [6.07, 6.45) is 0.468. The number of amides is 1. The molecular weight excluding hydrogens is 678 g/mol. The molecule has 134 valence electrons. The van der Waals surface area contributed by atoms with Crippen molar-refractivity contribution in [1.29, 1.82) is 0 Å². The standard InChI is InChI=1S/C15H18I3NO5.Na/c1-3-9(15(21)22)7-23-4-5-24-14-11(17)6-10(16)13(12(14)18)19-8(2)20;/h6,9H,3-5,7H2,1-2H3,(H,19,20)(H,21,22);/q;+1/p-1. The number of halogens is 3. The van der Waals surface area contributed by atoms with Crippen LogP contribution in [0, 0.1) is 16.6 Å². The maximum absolute atomic E-state index is 11.3. The van der Waals surface area contributed by atoms with Crippen LogP contribution in [0.15, 0.2) is 6.07 Å². The molecule has 0 aromatic heterocycles. The van der Waals surface area contributed by atoms with Crippen LogP contribution in [0.2, 0.25) is 0 Å². The Morgan fingerprint density at radius 1 is 1.24 bits per heavy atom. The van der Waals surface area contributed by atoms with Gasteiger partial charge >= 0.3 is 29.6 Å². The fourth-order valence-electron chi connectivity index (χ4n) is 1.78. The molecule has 1 unspecified atom stereocenters. The predicted octanol–water partition coefficient (Wildman–Crippen LogP) is -0.366. The number of carbonyl (C=O) groups excluding carboxylic acids is 2. The molecule has 25 heavy (non-hydrogen) atoms. The van der Waals surface area contributed by atoms with Crippen LogP contribution in [0.4, 0.5) is 5.69 Å². The molecule has 1 aromatic carbocycles. The largest absolute Gasteiger partial charge is 1.00 e. The molecule has 1 rings (SSSR count). The van der Waals surface area contributed by atoms with Gasteiger partial charge in [0.05, 0.1) is 26.0 Å². The first-order valence-electron chi connectivity index (χ1n) is 7.14. The summed E-state index contributed by atoms with van der Waals surface area (Å²) in [7, 11) is 0. The average Bonchev–Trinajstić information content (AvgIpc) is 2.49. The minimum Gasteiger partial charge on any atom is -0.550 e. The van der Waals surface area contributed by atoms with Gasteiger partial charge in [0.2, 0.25) is 5.91 Å². The van der Waals surface area contributed by atoms with E-state index in [-0.39, 0.29) is 55.3 Å². The molecule has 0 heterocycles. The molecule has 1 amide bonds.